The Hall–Kier alpha value is -1.03. The normalized spacial score (nSPS) is 28.3. The highest BCUT2D eigenvalue weighted by atomic mass is 16.5. The molecular formula is C8H14N2O2. The summed E-state index contributed by atoms with van der Waals surface area (Å²) in [5.74, 6) is 0. The molecule has 0 bridgehead atoms. The topological polar surface area (TPSA) is 50.4 Å². The van der Waals surface area contributed by atoms with E-state index >= 15 is 0 Å². The van der Waals surface area contributed by atoms with Crippen LogP contribution in [0.1, 0.15) is 13.8 Å². The Morgan fingerprint density at radius 1 is 1.75 bits per heavy atom. The van der Waals surface area contributed by atoms with Crippen molar-refractivity contribution in [3.8, 4) is 0 Å². The molecule has 0 aromatic heterocycles. The van der Waals surface area contributed by atoms with E-state index < -0.39 is 0 Å². The summed E-state index contributed by atoms with van der Waals surface area (Å²) in [7, 11) is 0. The van der Waals surface area contributed by atoms with Crippen molar-refractivity contribution in [3.63, 3.8) is 0 Å². The average molecular weight is 170 g/mol. The van der Waals surface area contributed by atoms with Crippen LogP contribution < -0.4 is 10.6 Å². The van der Waals surface area contributed by atoms with Crippen molar-refractivity contribution in [1.82, 2.24) is 10.6 Å². The summed E-state index contributed by atoms with van der Waals surface area (Å²) in [6, 6.07) is 0.189. The van der Waals surface area contributed by atoms with Crippen molar-refractivity contribution in [2.24, 2.45) is 0 Å². The number of allylic oxidation sites excluding steroid dienone is 1. The Morgan fingerprint density at radius 2 is 2.50 bits per heavy atom. The fourth-order valence-corrected chi connectivity index (χ4v) is 1.06. The van der Waals surface area contributed by atoms with Crippen LogP contribution >= 0.6 is 0 Å². The van der Waals surface area contributed by atoms with Gasteiger partial charge in [-0.1, -0.05) is 0 Å². The van der Waals surface area contributed by atoms with E-state index in [0.29, 0.717) is 0 Å². The largest absolute Gasteiger partial charge is 0.383 e. The van der Waals surface area contributed by atoms with E-state index in [0.717, 1.165) is 12.0 Å². The average Bonchev–Trinajstić information content (AvgIpc) is 2.07. The zero-order chi connectivity index (χ0) is 8.97. The number of carbonyl (C=O) groups is 1. The highest BCUT2D eigenvalue weighted by molar-refractivity contribution is 5.50. The van der Waals surface area contributed by atoms with Crippen molar-refractivity contribution in [3.05, 3.63) is 11.9 Å². The maximum Gasteiger partial charge on any atom is 0.148 e. The molecule has 1 heterocycles. The number of ether oxygens (including phenoxy) is 1. The zero-order valence-electron chi connectivity index (χ0n) is 7.33. The van der Waals surface area contributed by atoms with Crippen LogP contribution in [0.4, 0.5) is 0 Å². The van der Waals surface area contributed by atoms with Gasteiger partial charge in [-0.3, -0.25) is 0 Å². The van der Waals surface area contributed by atoms with Crippen molar-refractivity contribution >= 4 is 6.29 Å². The molecule has 1 aliphatic rings. The highest BCUT2D eigenvalue weighted by Crippen LogP contribution is 2.03. The molecule has 4 heteroatoms. The number of carbonyl (C=O) groups excluding carboxylic acids is 1. The van der Waals surface area contributed by atoms with Gasteiger partial charge >= 0.3 is 0 Å². The van der Waals surface area contributed by atoms with E-state index in [9.17, 15) is 4.79 Å². The number of hydrogen-bond acceptors (Lipinski definition) is 4. The number of hydrogen-bond donors (Lipinski definition) is 2. The monoisotopic (exact) mass is 170 g/mol. The Morgan fingerprint density at radius 3 is 3.17 bits per heavy atom. The molecule has 2 unspecified atom stereocenters. The van der Waals surface area contributed by atoms with Gasteiger partial charge in [-0.2, -0.15) is 0 Å². The molecular weight excluding hydrogens is 156 g/mol. The predicted octanol–water partition coefficient (Wildman–Crippen LogP) is -0.0294. The van der Waals surface area contributed by atoms with Crippen LogP contribution in [0.25, 0.3) is 0 Å². The van der Waals surface area contributed by atoms with Crippen molar-refractivity contribution in [1.29, 1.82) is 0 Å². The second-order valence-corrected chi connectivity index (χ2v) is 2.85. The fourth-order valence-electron chi connectivity index (χ4n) is 1.06. The summed E-state index contributed by atoms with van der Waals surface area (Å²) in [6.07, 6.45) is 2.54. The van der Waals surface area contributed by atoms with Crippen LogP contribution in [0.3, 0.4) is 0 Å². The lowest BCUT2D eigenvalue weighted by Gasteiger charge is -2.30. The quantitative estimate of drug-likeness (QED) is 0.584. The van der Waals surface area contributed by atoms with Gasteiger partial charge in [0.2, 0.25) is 0 Å². The second-order valence-electron chi connectivity index (χ2n) is 2.85. The van der Waals surface area contributed by atoms with E-state index in [-0.39, 0.29) is 18.9 Å². The maximum atomic E-state index is 10.0. The van der Waals surface area contributed by atoms with Gasteiger partial charge in [-0.15, -0.1) is 0 Å². The molecule has 68 valence electrons. The zero-order valence-corrected chi connectivity index (χ0v) is 7.33. The minimum absolute atomic E-state index is 0.111. The Kier molecular flexibility index (Phi) is 3.10. The Labute approximate surface area is 72.0 Å². The smallest absolute Gasteiger partial charge is 0.148 e. The van der Waals surface area contributed by atoms with Crippen molar-refractivity contribution in [2.75, 3.05) is 6.61 Å². The Bertz CT molecular complexity index is 191. The van der Waals surface area contributed by atoms with Crippen molar-refractivity contribution < 1.29 is 9.53 Å². The van der Waals surface area contributed by atoms with Crippen LogP contribution in [0, 0.1) is 0 Å². The summed E-state index contributed by atoms with van der Waals surface area (Å²) >= 11 is 0. The van der Waals surface area contributed by atoms with E-state index in [1.165, 1.54) is 0 Å². The molecule has 1 rings (SSSR count). The molecule has 2 atom stereocenters. The van der Waals surface area contributed by atoms with E-state index in [4.69, 9.17) is 4.74 Å². The highest BCUT2D eigenvalue weighted by Gasteiger charge is 2.19. The molecule has 0 saturated heterocycles. The van der Waals surface area contributed by atoms with Crippen LogP contribution in [0.2, 0.25) is 0 Å². The number of rotatable bonds is 3. The predicted molar refractivity (Wildman–Crippen MR) is 45.3 cm³/mol. The summed E-state index contributed by atoms with van der Waals surface area (Å²) in [6.45, 7) is 4.07. The van der Waals surface area contributed by atoms with Gasteiger partial charge in [0.15, 0.2) is 0 Å². The third kappa shape index (κ3) is 2.23. The van der Waals surface area contributed by atoms with Crippen molar-refractivity contribution in [2.45, 2.75) is 26.1 Å². The molecule has 0 aromatic rings. The molecule has 0 fully saturated rings. The van der Waals surface area contributed by atoms with Gasteiger partial charge in [0.25, 0.3) is 0 Å². The van der Waals surface area contributed by atoms with Gasteiger partial charge in [0.05, 0.1) is 6.04 Å². The van der Waals surface area contributed by atoms with Crippen LogP contribution in [-0.2, 0) is 9.53 Å². The maximum absolute atomic E-state index is 10.0. The lowest BCUT2D eigenvalue weighted by molar-refractivity contribution is -0.114. The molecule has 0 aromatic carbocycles. The molecule has 4 nitrogen and oxygen atoms in total. The molecule has 0 aliphatic carbocycles. The van der Waals surface area contributed by atoms with E-state index in [1.54, 1.807) is 0 Å². The van der Waals surface area contributed by atoms with Crippen LogP contribution in [-0.4, -0.2) is 25.2 Å². The standard InChI is InChI=1S/C8H14N2O2/c1-6-5-9-7(2)8(10-6)12-4-3-11/h3,5,7-10H,4H2,1-2H3. The number of aldehydes is 1. The van der Waals surface area contributed by atoms with E-state index in [1.807, 2.05) is 20.0 Å². The third-order valence-corrected chi connectivity index (χ3v) is 1.73. The first-order valence-corrected chi connectivity index (χ1v) is 3.98. The first-order valence-electron chi connectivity index (χ1n) is 3.98. The van der Waals surface area contributed by atoms with Gasteiger partial charge in [-0.25, -0.2) is 0 Å². The second kappa shape index (κ2) is 4.11. The van der Waals surface area contributed by atoms with Gasteiger partial charge in [0, 0.05) is 11.9 Å². The minimum Gasteiger partial charge on any atom is -0.383 e. The lowest BCUT2D eigenvalue weighted by Crippen LogP contribution is -2.49. The summed E-state index contributed by atoms with van der Waals surface area (Å²) < 4.78 is 5.23. The minimum atomic E-state index is -0.111. The third-order valence-electron chi connectivity index (χ3n) is 1.73. The molecule has 0 saturated carbocycles. The fraction of sp³-hybridized carbons (Fsp3) is 0.625. The summed E-state index contributed by atoms with van der Waals surface area (Å²) in [5, 5.41) is 6.24. The molecule has 1 aliphatic heterocycles. The van der Waals surface area contributed by atoms with Crippen LogP contribution in [0.5, 0.6) is 0 Å². The van der Waals surface area contributed by atoms with Gasteiger partial charge in [-0.05, 0) is 13.8 Å². The van der Waals surface area contributed by atoms with E-state index in [2.05, 4.69) is 10.6 Å². The Balaban J connectivity index is 2.42. The van der Waals surface area contributed by atoms with Gasteiger partial charge < -0.3 is 20.2 Å². The molecule has 0 spiro atoms. The first kappa shape index (κ1) is 9.06. The first-order chi connectivity index (χ1) is 5.74. The molecule has 0 amide bonds. The lowest BCUT2D eigenvalue weighted by atomic mass is 10.2. The molecule has 0 radical (unpaired) electrons. The summed E-state index contributed by atoms with van der Waals surface area (Å²) in [5.41, 5.74) is 1.02. The van der Waals surface area contributed by atoms with Crippen LogP contribution in [0.15, 0.2) is 11.9 Å². The number of nitrogens with one attached hydrogen (secondary N) is 2. The molecule has 2 N–H and O–H groups in total. The SMILES string of the molecule is CC1=CNC(C)C(OCC=O)N1. The van der Waals surface area contributed by atoms with Gasteiger partial charge in [0.1, 0.15) is 19.1 Å². The summed E-state index contributed by atoms with van der Waals surface area (Å²) in [4.78, 5) is 10.0. The molecule has 12 heavy (non-hydrogen) atoms.